The molecule has 0 aromatic heterocycles. The van der Waals surface area contributed by atoms with E-state index in [1.807, 2.05) is 45.0 Å². The summed E-state index contributed by atoms with van der Waals surface area (Å²) in [5.74, 6) is -0.105. The van der Waals surface area contributed by atoms with Crippen molar-refractivity contribution in [3.8, 4) is 0 Å². The lowest BCUT2D eigenvalue weighted by molar-refractivity contribution is -0.115. The number of nitrogens with one attached hydrogen (secondary N) is 2. The van der Waals surface area contributed by atoms with Crippen LogP contribution in [0.25, 0.3) is 0 Å². The van der Waals surface area contributed by atoms with E-state index in [-0.39, 0.29) is 19.1 Å². The zero-order valence-corrected chi connectivity index (χ0v) is 11.3. The average molecular weight is 250 g/mol. The SMILES string of the molecule is CCC(C)(CO)NCC(=O)Nc1ccc(C)cc1. The topological polar surface area (TPSA) is 61.4 Å². The Morgan fingerprint density at radius 1 is 1.33 bits per heavy atom. The molecule has 0 aliphatic carbocycles. The van der Waals surface area contributed by atoms with E-state index in [1.165, 1.54) is 0 Å². The van der Waals surface area contributed by atoms with Crippen molar-refractivity contribution < 1.29 is 9.90 Å². The molecule has 0 radical (unpaired) electrons. The van der Waals surface area contributed by atoms with E-state index in [4.69, 9.17) is 0 Å². The number of rotatable bonds is 6. The summed E-state index contributed by atoms with van der Waals surface area (Å²) < 4.78 is 0. The molecule has 3 N–H and O–H groups in total. The minimum absolute atomic E-state index is 0.0152. The Balaban J connectivity index is 2.45. The van der Waals surface area contributed by atoms with Crippen molar-refractivity contribution in [1.29, 1.82) is 0 Å². The van der Waals surface area contributed by atoms with Crippen LogP contribution >= 0.6 is 0 Å². The number of carbonyl (C=O) groups excluding carboxylic acids is 1. The van der Waals surface area contributed by atoms with Gasteiger partial charge < -0.3 is 15.7 Å². The van der Waals surface area contributed by atoms with Gasteiger partial charge in [-0.25, -0.2) is 0 Å². The molecule has 0 aliphatic heterocycles. The third kappa shape index (κ3) is 4.47. The molecule has 100 valence electrons. The van der Waals surface area contributed by atoms with E-state index >= 15 is 0 Å². The van der Waals surface area contributed by atoms with Crippen LogP contribution in [0.4, 0.5) is 5.69 Å². The van der Waals surface area contributed by atoms with Crippen LogP contribution in [0, 0.1) is 6.92 Å². The summed E-state index contributed by atoms with van der Waals surface area (Å²) in [5, 5.41) is 15.1. The van der Waals surface area contributed by atoms with Crippen LogP contribution in [0.5, 0.6) is 0 Å². The molecule has 0 aliphatic rings. The molecule has 4 nitrogen and oxygen atoms in total. The lowest BCUT2D eigenvalue weighted by Gasteiger charge is -2.26. The molecule has 0 fully saturated rings. The monoisotopic (exact) mass is 250 g/mol. The molecule has 0 saturated carbocycles. The van der Waals surface area contributed by atoms with Gasteiger partial charge in [0, 0.05) is 11.2 Å². The summed E-state index contributed by atoms with van der Waals surface area (Å²) in [6.45, 7) is 6.08. The Kier molecular flexibility index (Phi) is 5.31. The Morgan fingerprint density at radius 2 is 1.94 bits per heavy atom. The number of carbonyl (C=O) groups is 1. The van der Waals surface area contributed by atoms with Crippen molar-refractivity contribution in [2.45, 2.75) is 32.7 Å². The molecule has 0 saturated heterocycles. The molecule has 1 atom stereocenters. The van der Waals surface area contributed by atoms with Gasteiger partial charge in [0.1, 0.15) is 0 Å². The van der Waals surface area contributed by atoms with Crippen LogP contribution in [0.15, 0.2) is 24.3 Å². The summed E-state index contributed by atoms with van der Waals surface area (Å²) in [7, 11) is 0. The molecular formula is C14H22N2O2. The minimum atomic E-state index is -0.398. The largest absolute Gasteiger partial charge is 0.394 e. The number of benzene rings is 1. The van der Waals surface area contributed by atoms with Crippen LogP contribution in [0.1, 0.15) is 25.8 Å². The van der Waals surface area contributed by atoms with Crippen LogP contribution in [0.2, 0.25) is 0 Å². The maximum Gasteiger partial charge on any atom is 0.238 e. The normalized spacial score (nSPS) is 14.0. The first kappa shape index (κ1) is 14.7. The predicted molar refractivity (Wildman–Crippen MR) is 73.6 cm³/mol. The minimum Gasteiger partial charge on any atom is -0.394 e. The maximum absolute atomic E-state index is 11.7. The van der Waals surface area contributed by atoms with Gasteiger partial charge in [-0.3, -0.25) is 4.79 Å². The molecule has 1 rings (SSSR count). The van der Waals surface area contributed by atoms with E-state index < -0.39 is 5.54 Å². The fourth-order valence-electron chi connectivity index (χ4n) is 1.43. The van der Waals surface area contributed by atoms with Gasteiger partial charge in [-0.2, -0.15) is 0 Å². The van der Waals surface area contributed by atoms with Crippen molar-refractivity contribution >= 4 is 11.6 Å². The number of amides is 1. The van der Waals surface area contributed by atoms with Gasteiger partial charge in [0.2, 0.25) is 5.91 Å². The van der Waals surface area contributed by atoms with Crippen molar-refractivity contribution in [2.24, 2.45) is 0 Å². The van der Waals surface area contributed by atoms with Crippen molar-refractivity contribution in [1.82, 2.24) is 5.32 Å². The van der Waals surface area contributed by atoms with Gasteiger partial charge in [-0.15, -0.1) is 0 Å². The summed E-state index contributed by atoms with van der Waals surface area (Å²) in [6.07, 6.45) is 0.765. The smallest absolute Gasteiger partial charge is 0.238 e. The third-order valence-corrected chi connectivity index (χ3v) is 3.14. The second-order valence-electron chi connectivity index (χ2n) is 4.84. The van der Waals surface area contributed by atoms with E-state index in [1.54, 1.807) is 0 Å². The quantitative estimate of drug-likeness (QED) is 0.720. The van der Waals surface area contributed by atoms with Crippen molar-refractivity contribution in [3.63, 3.8) is 0 Å². The fraction of sp³-hybridized carbons (Fsp3) is 0.500. The average Bonchev–Trinajstić information content (AvgIpc) is 2.39. The van der Waals surface area contributed by atoms with Crippen molar-refractivity contribution in [2.75, 3.05) is 18.5 Å². The zero-order chi connectivity index (χ0) is 13.6. The number of aliphatic hydroxyl groups excluding tert-OH is 1. The Hall–Kier alpha value is -1.39. The Bertz CT molecular complexity index is 383. The highest BCUT2D eigenvalue weighted by atomic mass is 16.3. The molecule has 1 aromatic carbocycles. The van der Waals surface area contributed by atoms with E-state index in [0.29, 0.717) is 0 Å². The lowest BCUT2D eigenvalue weighted by Crippen LogP contribution is -2.48. The molecule has 18 heavy (non-hydrogen) atoms. The Labute approximate surface area is 108 Å². The number of anilines is 1. The summed E-state index contributed by atoms with van der Waals surface area (Å²) >= 11 is 0. The Morgan fingerprint density at radius 3 is 2.44 bits per heavy atom. The molecule has 1 amide bonds. The van der Waals surface area contributed by atoms with Gasteiger partial charge in [-0.05, 0) is 32.4 Å². The summed E-state index contributed by atoms with van der Waals surface area (Å²) in [6, 6.07) is 7.65. The van der Waals surface area contributed by atoms with Crippen LogP contribution in [-0.2, 0) is 4.79 Å². The van der Waals surface area contributed by atoms with Gasteiger partial charge in [0.25, 0.3) is 0 Å². The van der Waals surface area contributed by atoms with Gasteiger partial charge >= 0.3 is 0 Å². The van der Waals surface area contributed by atoms with Crippen molar-refractivity contribution in [3.05, 3.63) is 29.8 Å². The number of hydrogen-bond donors (Lipinski definition) is 3. The van der Waals surface area contributed by atoms with E-state index in [2.05, 4.69) is 10.6 Å². The highest BCUT2D eigenvalue weighted by Gasteiger charge is 2.20. The summed E-state index contributed by atoms with van der Waals surface area (Å²) in [4.78, 5) is 11.7. The first-order valence-corrected chi connectivity index (χ1v) is 6.21. The highest BCUT2D eigenvalue weighted by Crippen LogP contribution is 2.09. The number of hydrogen-bond acceptors (Lipinski definition) is 3. The second kappa shape index (κ2) is 6.52. The molecule has 0 spiro atoms. The molecule has 0 bridgehead atoms. The van der Waals surface area contributed by atoms with Crippen LogP contribution < -0.4 is 10.6 Å². The van der Waals surface area contributed by atoms with Gasteiger partial charge in [0.15, 0.2) is 0 Å². The maximum atomic E-state index is 11.7. The fourth-order valence-corrected chi connectivity index (χ4v) is 1.43. The summed E-state index contributed by atoms with van der Waals surface area (Å²) in [5.41, 5.74) is 1.55. The highest BCUT2D eigenvalue weighted by molar-refractivity contribution is 5.92. The van der Waals surface area contributed by atoms with E-state index in [9.17, 15) is 9.90 Å². The molecule has 1 aromatic rings. The number of aryl methyl sites for hydroxylation is 1. The molecule has 4 heteroatoms. The molecular weight excluding hydrogens is 228 g/mol. The van der Waals surface area contributed by atoms with Crippen LogP contribution in [-0.4, -0.2) is 29.7 Å². The standard InChI is InChI=1S/C14H22N2O2/c1-4-14(3,10-17)15-9-13(18)16-12-7-5-11(2)6-8-12/h5-8,15,17H,4,9-10H2,1-3H3,(H,16,18). The molecule has 0 heterocycles. The van der Waals surface area contributed by atoms with Crippen LogP contribution in [0.3, 0.4) is 0 Å². The first-order chi connectivity index (χ1) is 8.49. The lowest BCUT2D eigenvalue weighted by atomic mass is 10.0. The third-order valence-electron chi connectivity index (χ3n) is 3.14. The predicted octanol–water partition coefficient (Wildman–Crippen LogP) is 1.68. The molecule has 1 unspecified atom stereocenters. The van der Waals surface area contributed by atoms with Gasteiger partial charge in [0.05, 0.1) is 13.2 Å². The first-order valence-electron chi connectivity index (χ1n) is 6.21. The number of aliphatic hydroxyl groups is 1. The van der Waals surface area contributed by atoms with E-state index in [0.717, 1.165) is 17.7 Å². The van der Waals surface area contributed by atoms with Gasteiger partial charge in [-0.1, -0.05) is 24.6 Å². The second-order valence-corrected chi connectivity index (χ2v) is 4.84. The zero-order valence-electron chi connectivity index (χ0n) is 11.3.